The number of carbonyl (C=O) groups is 2. The van der Waals surface area contributed by atoms with Gasteiger partial charge in [0.05, 0.1) is 27.2 Å². The molecule has 0 bridgehead atoms. The number of imidazole rings is 1. The van der Waals surface area contributed by atoms with Crippen molar-refractivity contribution in [1.82, 2.24) is 20.4 Å². The van der Waals surface area contributed by atoms with Crippen LogP contribution in [0.1, 0.15) is 15.2 Å². The first-order valence-electron chi connectivity index (χ1n) is 8.76. The van der Waals surface area contributed by atoms with E-state index in [9.17, 15) is 9.59 Å². The molecule has 0 fully saturated rings. The van der Waals surface area contributed by atoms with Crippen LogP contribution in [0.4, 0.5) is 0 Å². The molecule has 0 atom stereocenters. The zero-order valence-corrected chi connectivity index (χ0v) is 16.0. The Kier molecular flexibility index (Phi) is 4.90. The van der Waals surface area contributed by atoms with E-state index >= 15 is 0 Å². The summed E-state index contributed by atoms with van der Waals surface area (Å²) < 4.78 is 2.00. The van der Waals surface area contributed by atoms with Crippen molar-refractivity contribution in [2.75, 3.05) is 0 Å². The smallest absolute Gasteiger partial charge is 0.279 e. The number of rotatable bonds is 4. The van der Waals surface area contributed by atoms with Crippen LogP contribution in [0.5, 0.6) is 0 Å². The molecule has 140 valence electrons. The second-order valence-corrected chi connectivity index (χ2v) is 7.40. The molecule has 7 heteroatoms. The van der Waals surface area contributed by atoms with Gasteiger partial charge >= 0.3 is 0 Å². The Hall–Kier alpha value is -3.45. The number of nitrogens with zero attached hydrogens (tertiary/aromatic N) is 2. The maximum Gasteiger partial charge on any atom is 0.279 e. The summed E-state index contributed by atoms with van der Waals surface area (Å²) in [6, 6.07) is 20.9. The molecule has 4 aromatic rings. The maximum atomic E-state index is 12.4. The molecule has 28 heavy (non-hydrogen) atoms. The number of benzene rings is 2. The number of hydrazine groups is 1. The third-order valence-corrected chi connectivity index (χ3v) is 5.44. The number of para-hydroxylation sites is 2. The van der Waals surface area contributed by atoms with Gasteiger partial charge in [0.1, 0.15) is 0 Å². The van der Waals surface area contributed by atoms with Gasteiger partial charge in [0.25, 0.3) is 5.91 Å². The molecule has 2 heterocycles. The number of hydrogen-bond acceptors (Lipinski definition) is 4. The molecule has 0 radical (unpaired) electrons. The molecule has 4 rings (SSSR count). The van der Waals surface area contributed by atoms with Crippen molar-refractivity contribution in [3.63, 3.8) is 0 Å². The van der Waals surface area contributed by atoms with Gasteiger partial charge in [-0.1, -0.05) is 42.5 Å². The molecule has 0 aliphatic heterocycles. The highest BCUT2D eigenvalue weighted by atomic mass is 32.1. The largest absolute Gasteiger partial charge is 0.326 e. The topological polar surface area (TPSA) is 76.0 Å². The highest BCUT2D eigenvalue weighted by Gasteiger charge is 2.15. The Morgan fingerprint density at radius 1 is 0.964 bits per heavy atom. The minimum atomic E-state index is -0.351. The molecule has 0 aliphatic carbocycles. The Balaban J connectivity index is 1.43. The quantitative estimate of drug-likeness (QED) is 0.525. The van der Waals surface area contributed by atoms with Crippen LogP contribution >= 0.6 is 11.3 Å². The number of nitrogens with one attached hydrogen (secondary N) is 2. The predicted octanol–water partition coefficient (Wildman–Crippen LogP) is 3.31. The Bertz CT molecular complexity index is 1150. The van der Waals surface area contributed by atoms with Crippen LogP contribution in [0.3, 0.4) is 0 Å². The SMILES string of the molecule is Cn1c(-c2ccc(C(=O)NNC(=O)Cc3ccccc3)s2)nc2ccccc21. The van der Waals surface area contributed by atoms with Gasteiger partial charge in [0.15, 0.2) is 5.82 Å². The summed E-state index contributed by atoms with van der Waals surface area (Å²) in [4.78, 5) is 30.4. The van der Waals surface area contributed by atoms with E-state index in [1.807, 2.05) is 72.3 Å². The first kappa shape index (κ1) is 17.9. The molecular weight excluding hydrogens is 372 g/mol. The lowest BCUT2D eigenvalue weighted by molar-refractivity contribution is -0.121. The molecular formula is C21H18N4O2S. The van der Waals surface area contributed by atoms with Gasteiger partial charge in [-0.2, -0.15) is 0 Å². The van der Waals surface area contributed by atoms with Gasteiger partial charge < -0.3 is 4.57 Å². The van der Waals surface area contributed by atoms with Crippen LogP contribution in [-0.2, 0) is 18.3 Å². The average Bonchev–Trinajstić information content (AvgIpc) is 3.32. The predicted molar refractivity (Wildman–Crippen MR) is 110 cm³/mol. The minimum absolute atomic E-state index is 0.205. The summed E-state index contributed by atoms with van der Waals surface area (Å²) in [7, 11) is 1.95. The van der Waals surface area contributed by atoms with E-state index < -0.39 is 0 Å². The summed E-state index contributed by atoms with van der Waals surface area (Å²) in [5.74, 6) is 0.182. The van der Waals surface area contributed by atoms with Crippen LogP contribution < -0.4 is 10.9 Å². The highest BCUT2D eigenvalue weighted by molar-refractivity contribution is 7.17. The fraction of sp³-hybridized carbons (Fsp3) is 0.0952. The maximum absolute atomic E-state index is 12.4. The van der Waals surface area contributed by atoms with Crippen LogP contribution in [0, 0.1) is 0 Å². The third-order valence-electron chi connectivity index (χ3n) is 4.36. The first-order chi connectivity index (χ1) is 13.6. The molecule has 0 aliphatic rings. The number of fused-ring (bicyclic) bond motifs is 1. The van der Waals surface area contributed by atoms with E-state index in [-0.39, 0.29) is 18.2 Å². The second-order valence-electron chi connectivity index (χ2n) is 6.31. The lowest BCUT2D eigenvalue weighted by atomic mass is 10.1. The average molecular weight is 390 g/mol. The van der Waals surface area contributed by atoms with Gasteiger partial charge in [0, 0.05) is 7.05 Å². The van der Waals surface area contributed by atoms with Crippen molar-refractivity contribution in [3.05, 3.63) is 77.2 Å². The van der Waals surface area contributed by atoms with Gasteiger partial charge in [-0.05, 0) is 29.8 Å². The van der Waals surface area contributed by atoms with Gasteiger partial charge in [-0.3, -0.25) is 20.4 Å². The number of amides is 2. The van der Waals surface area contributed by atoms with Gasteiger partial charge in [-0.25, -0.2) is 4.98 Å². The van der Waals surface area contributed by atoms with E-state index in [0.29, 0.717) is 4.88 Å². The van der Waals surface area contributed by atoms with Gasteiger partial charge in [0.2, 0.25) is 5.91 Å². The van der Waals surface area contributed by atoms with Crippen molar-refractivity contribution in [2.45, 2.75) is 6.42 Å². The first-order valence-corrected chi connectivity index (χ1v) is 9.58. The van der Waals surface area contributed by atoms with Crippen molar-refractivity contribution >= 4 is 34.2 Å². The molecule has 2 amide bonds. The van der Waals surface area contributed by atoms with E-state index in [1.54, 1.807) is 6.07 Å². The Labute approximate surface area is 165 Å². The fourth-order valence-corrected chi connectivity index (χ4v) is 3.89. The van der Waals surface area contributed by atoms with Gasteiger partial charge in [-0.15, -0.1) is 11.3 Å². The molecule has 0 saturated heterocycles. The second kappa shape index (κ2) is 7.66. The zero-order valence-electron chi connectivity index (χ0n) is 15.2. The summed E-state index contributed by atoms with van der Waals surface area (Å²) in [5.41, 5.74) is 7.75. The fourth-order valence-electron chi connectivity index (χ4n) is 2.96. The molecule has 0 spiro atoms. The Morgan fingerprint density at radius 2 is 1.71 bits per heavy atom. The van der Waals surface area contributed by atoms with E-state index in [0.717, 1.165) is 27.3 Å². The normalized spacial score (nSPS) is 10.8. The summed E-state index contributed by atoms with van der Waals surface area (Å²) in [6.45, 7) is 0. The Morgan fingerprint density at radius 3 is 2.50 bits per heavy atom. The van der Waals surface area contributed by atoms with E-state index in [4.69, 9.17) is 0 Å². The number of aryl methyl sites for hydroxylation is 1. The molecule has 0 unspecified atom stereocenters. The zero-order chi connectivity index (χ0) is 19.5. The van der Waals surface area contributed by atoms with Crippen molar-refractivity contribution in [1.29, 1.82) is 0 Å². The molecule has 2 aromatic carbocycles. The summed E-state index contributed by atoms with van der Waals surface area (Å²) in [5, 5.41) is 0. The van der Waals surface area contributed by atoms with Crippen LogP contribution in [-0.4, -0.2) is 21.4 Å². The van der Waals surface area contributed by atoms with Crippen LogP contribution in [0.2, 0.25) is 0 Å². The number of carbonyl (C=O) groups excluding carboxylic acids is 2. The van der Waals surface area contributed by atoms with E-state index in [2.05, 4.69) is 15.8 Å². The number of thiophene rings is 1. The summed E-state index contributed by atoms with van der Waals surface area (Å²) in [6.07, 6.45) is 0.205. The lowest BCUT2D eigenvalue weighted by Gasteiger charge is -2.06. The van der Waals surface area contributed by atoms with Crippen molar-refractivity contribution in [2.24, 2.45) is 7.05 Å². The third kappa shape index (κ3) is 3.65. The number of aromatic nitrogens is 2. The molecule has 2 aromatic heterocycles. The van der Waals surface area contributed by atoms with Crippen LogP contribution in [0.25, 0.3) is 21.7 Å². The van der Waals surface area contributed by atoms with Crippen molar-refractivity contribution < 1.29 is 9.59 Å². The lowest BCUT2D eigenvalue weighted by Crippen LogP contribution is -2.42. The van der Waals surface area contributed by atoms with Crippen molar-refractivity contribution in [3.8, 4) is 10.7 Å². The monoisotopic (exact) mass is 390 g/mol. The number of hydrogen-bond donors (Lipinski definition) is 2. The minimum Gasteiger partial charge on any atom is -0.326 e. The molecule has 6 nitrogen and oxygen atoms in total. The molecule has 2 N–H and O–H groups in total. The summed E-state index contributed by atoms with van der Waals surface area (Å²) >= 11 is 1.33. The highest BCUT2D eigenvalue weighted by Crippen LogP contribution is 2.29. The molecule has 0 saturated carbocycles. The van der Waals surface area contributed by atoms with E-state index in [1.165, 1.54) is 11.3 Å². The van der Waals surface area contributed by atoms with Crippen LogP contribution in [0.15, 0.2) is 66.7 Å². The standard InChI is InChI=1S/C21H18N4O2S/c1-25-16-10-6-5-9-15(16)22-20(25)17-11-12-18(28-17)21(27)24-23-19(26)13-14-7-3-2-4-8-14/h2-12H,13H2,1H3,(H,23,26)(H,24,27).